The van der Waals surface area contributed by atoms with E-state index in [1.54, 1.807) is 6.07 Å². The van der Waals surface area contributed by atoms with E-state index in [9.17, 15) is 9.59 Å². The zero-order chi connectivity index (χ0) is 17.5. The number of nitrogens with one attached hydrogen (secondary N) is 1. The Morgan fingerprint density at radius 3 is 2.48 bits per heavy atom. The summed E-state index contributed by atoms with van der Waals surface area (Å²) in [5.41, 5.74) is 1.71. The maximum atomic E-state index is 12.3. The number of amides is 2. The van der Waals surface area contributed by atoms with Gasteiger partial charge in [0.25, 0.3) is 5.91 Å². The second kappa shape index (κ2) is 8.37. The van der Waals surface area contributed by atoms with Gasteiger partial charge in [0.2, 0.25) is 5.91 Å². The molecule has 0 unspecified atom stereocenters. The highest BCUT2D eigenvalue weighted by molar-refractivity contribution is 5.93. The zero-order valence-electron chi connectivity index (χ0n) is 14.2. The van der Waals surface area contributed by atoms with Crippen LogP contribution in [0.3, 0.4) is 0 Å². The van der Waals surface area contributed by atoms with Crippen LogP contribution >= 0.6 is 0 Å². The van der Waals surface area contributed by atoms with Crippen molar-refractivity contribution in [2.45, 2.75) is 12.8 Å². The minimum Gasteiger partial charge on any atom is -0.472 e. The molecule has 2 aromatic rings. The average Bonchev–Trinajstić information content (AvgIpc) is 3.21. The number of furan rings is 1. The topological polar surface area (TPSA) is 65.8 Å². The molecule has 3 rings (SSSR count). The van der Waals surface area contributed by atoms with Crippen molar-refractivity contribution in [2.75, 3.05) is 37.6 Å². The maximum Gasteiger partial charge on any atom is 0.254 e. The van der Waals surface area contributed by atoms with E-state index >= 15 is 0 Å². The monoisotopic (exact) mass is 341 g/mol. The van der Waals surface area contributed by atoms with Crippen LogP contribution in [0.1, 0.15) is 23.2 Å². The van der Waals surface area contributed by atoms with Crippen LogP contribution in [0.2, 0.25) is 0 Å². The Balaban J connectivity index is 1.35. The highest BCUT2D eigenvalue weighted by atomic mass is 16.3. The third kappa shape index (κ3) is 4.62. The van der Waals surface area contributed by atoms with Crippen molar-refractivity contribution >= 4 is 17.5 Å². The van der Waals surface area contributed by atoms with Crippen LogP contribution in [-0.4, -0.2) is 49.4 Å². The Labute approximate surface area is 147 Å². The SMILES string of the molecule is O=C(NCCCC(=O)N1CCN(c2ccccc2)CC1)c1ccoc1. The number of anilines is 1. The smallest absolute Gasteiger partial charge is 0.254 e. The molecule has 1 aliphatic rings. The van der Waals surface area contributed by atoms with Gasteiger partial charge in [-0.3, -0.25) is 9.59 Å². The van der Waals surface area contributed by atoms with Crippen molar-refractivity contribution in [3.05, 3.63) is 54.5 Å². The molecule has 0 aliphatic carbocycles. The number of carbonyl (C=O) groups excluding carboxylic acids is 2. The number of benzene rings is 1. The lowest BCUT2D eigenvalue weighted by Crippen LogP contribution is -2.48. The van der Waals surface area contributed by atoms with Gasteiger partial charge in [0.15, 0.2) is 0 Å². The summed E-state index contributed by atoms with van der Waals surface area (Å²) in [7, 11) is 0. The zero-order valence-corrected chi connectivity index (χ0v) is 14.2. The predicted molar refractivity (Wildman–Crippen MR) is 95.5 cm³/mol. The molecule has 2 amide bonds. The van der Waals surface area contributed by atoms with E-state index in [1.807, 2.05) is 23.1 Å². The minimum atomic E-state index is -0.169. The van der Waals surface area contributed by atoms with Gasteiger partial charge in [0.1, 0.15) is 6.26 Å². The molecule has 25 heavy (non-hydrogen) atoms. The molecule has 1 aromatic carbocycles. The summed E-state index contributed by atoms with van der Waals surface area (Å²) in [5.74, 6) is -0.0112. The molecular formula is C19H23N3O3. The summed E-state index contributed by atoms with van der Waals surface area (Å²) in [6, 6.07) is 11.9. The van der Waals surface area contributed by atoms with Crippen LogP contribution in [0.25, 0.3) is 0 Å². The summed E-state index contributed by atoms with van der Waals surface area (Å²) >= 11 is 0. The summed E-state index contributed by atoms with van der Waals surface area (Å²) in [6.45, 7) is 3.68. The Kier molecular flexibility index (Phi) is 5.72. The van der Waals surface area contributed by atoms with Gasteiger partial charge in [-0.15, -0.1) is 0 Å². The van der Waals surface area contributed by atoms with Crippen LogP contribution in [-0.2, 0) is 4.79 Å². The van der Waals surface area contributed by atoms with E-state index < -0.39 is 0 Å². The number of hydrogen-bond acceptors (Lipinski definition) is 4. The van der Waals surface area contributed by atoms with E-state index in [2.05, 4.69) is 22.3 Å². The molecule has 1 N–H and O–H groups in total. The van der Waals surface area contributed by atoms with Crippen molar-refractivity contribution in [3.63, 3.8) is 0 Å². The fourth-order valence-electron chi connectivity index (χ4n) is 2.95. The Morgan fingerprint density at radius 2 is 1.80 bits per heavy atom. The minimum absolute atomic E-state index is 0.158. The second-order valence-electron chi connectivity index (χ2n) is 6.07. The van der Waals surface area contributed by atoms with Crippen LogP contribution in [0.4, 0.5) is 5.69 Å². The lowest BCUT2D eigenvalue weighted by Gasteiger charge is -2.36. The Hall–Kier alpha value is -2.76. The molecule has 0 atom stereocenters. The second-order valence-corrected chi connectivity index (χ2v) is 6.07. The van der Waals surface area contributed by atoms with Crippen molar-refractivity contribution in [1.82, 2.24) is 10.2 Å². The first-order valence-corrected chi connectivity index (χ1v) is 8.62. The first kappa shape index (κ1) is 17.1. The molecule has 0 saturated carbocycles. The molecule has 1 fully saturated rings. The van der Waals surface area contributed by atoms with Gasteiger partial charge >= 0.3 is 0 Å². The lowest BCUT2D eigenvalue weighted by molar-refractivity contribution is -0.131. The van der Waals surface area contributed by atoms with Gasteiger partial charge < -0.3 is 19.5 Å². The summed E-state index contributed by atoms with van der Waals surface area (Å²) in [6.07, 6.45) is 3.97. The van der Waals surface area contributed by atoms with E-state index in [0.29, 0.717) is 24.9 Å². The van der Waals surface area contributed by atoms with Crippen LogP contribution < -0.4 is 10.2 Å². The molecule has 0 spiro atoms. The van der Waals surface area contributed by atoms with Crippen molar-refractivity contribution in [3.8, 4) is 0 Å². The normalized spacial score (nSPS) is 14.4. The fourth-order valence-corrected chi connectivity index (χ4v) is 2.95. The third-order valence-electron chi connectivity index (χ3n) is 4.39. The molecule has 132 valence electrons. The van der Waals surface area contributed by atoms with Crippen molar-refractivity contribution < 1.29 is 14.0 Å². The molecule has 1 saturated heterocycles. The van der Waals surface area contributed by atoms with Crippen molar-refractivity contribution in [2.24, 2.45) is 0 Å². The van der Waals surface area contributed by atoms with Crippen molar-refractivity contribution in [1.29, 1.82) is 0 Å². The van der Waals surface area contributed by atoms with Gasteiger partial charge in [0.05, 0.1) is 11.8 Å². The quantitative estimate of drug-likeness (QED) is 0.818. The molecule has 6 nitrogen and oxygen atoms in total. The van der Waals surface area contributed by atoms with E-state index in [1.165, 1.54) is 18.2 Å². The largest absolute Gasteiger partial charge is 0.472 e. The molecule has 0 bridgehead atoms. The third-order valence-corrected chi connectivity index (χ3v) is 4.39. The molecule has 2 heterocycles. The molecule has 6 heteroatoms. The number of hydrogen-bond donors (Lipinski definition) is 1. The number of rotatable bonds is 6. The van der Waals surface area contributed by atoms with Crippen LogP contribution in [0, 0.1) is 0 Å². The first-order chi connectivity index (χ1) is 12.2. The van der Waals surface area contributed by atoms with E-state index in [4.69, 9.17) is 4.42 Å². The number of carbonyl (C=O) groups is 2. The number of nitrogens with zero attached hydrogens (tertiary/aromatic N) is 2. The van der Waals surface area contributed by atoms with Crippen LogP contribution in [0.5, 0.6) is 0 Å². The summed E-state index contributed by atoms with van der Waals surface area (Å²) in [5, 5.41) is 2.79. The number of para-hydroxylation sites is 1. The van der Waals surface area contributed by atoms with Gasteiger partial charge in [-0.2, -0.15) is 0 Å². The van der Waals surface area contributed by atoms with Gasteiger partial charge in [-0.05, 0) is 24.6 Å². The summed E-state index contributed by atoms with van der Waals surface area (Å²) < 4.78 is 4.87. The van der Waals surface area contributed by atoms with Gasteiger partial charge in [0, 0.05) is 44.8 Å². The lowest BCUT2D eigenvalue weighted by atomic mass is 10.2. The average molecular weight is 341 g/mol. The van der Waals surface area contributed by atoms with Gasteiger partial charge in [-0.1, -0.05) is 18.2 Å². The van der Waals surface area contributed by atoms with E-state index in [-0.39, 0.29) is 11.8 Å². The van der Waals surface area contributed by atoms with Crippen LogP contribution in [0.15, 0.2) is 53.3 Å². The predicted octanol–water partition coefficient (Wildman–Crippen LogP) is 2.14. The number of piperazine rings is 1. The summed E-state index contributed by atoms with van der Waals surface area (Å²) in [4.78, 5) is 28.3. The molecular weight excluding hydrogens is 318 g/mol. The highest BCUT2D eigenvalue weighted by Gasteiger charge is 2.20. The molecule has 1 aliphatic heterocycles. The fraction of sp³-hybridized carbons (Fsp3) is 0.368. The Morgan fingerprint density at radius 1 is 1.04 bits per heavy atom. The highest BCUT2D eigenvalue weighted by Crippen LogP contribution is 2.16. The maximum absolute atomic E-state index is 12.3. The standard InChI is InChI=1S/C19H23N3O3/c23-18(7-4-9-20-19(24)16-8-14-25-15-16)22-12-10-21(11-13-22)17-5-2-1-3-6-17/h1-3,5-6,8,14-15H,4,7,9-13H2,(H,20,24). The Bertz CT molecular complexity index is 677. The van der Waals surface area contributed by atoms with Gasteiger partial charge in [-0.25, -0.2) is 0 Å². The molecule has 0 radical (unpaired) electrons. The first-order valence-electron chi connectivity index (χ1n) is 8.62. The molecule has 1 aromatic heterocycles. The van der Waals surface area contributed by atoms with E-state index in [0.717, 1.165) is 26.2 Å².